The van der Waals surface area contributed by atoms with Gasteiger partial charge in [0.1, 0.15) is 0 Å². The molecule has 3 aromatic rings. The molecule has 5 rings (SSSR count). The lowest BCUT2D eigenvalue weighted by Gasteiger charge is -2.35. The molecular weight excluding hydrogens is 384 g/mol. The number of hydrogen-bond acceptors (Lipinski definition) is 5. The third-order valence-electron chi connectivity index (χ3n) is 5.56. The molecule has 2 aromatic carbocycles. The molecule has 0 spiro atoms. The molecule has 1 N–H and O–H groups in total. The van der Waals surface area contributed by atoms with Crippen molar-refractivity contribution >= 4 is 17.2 Å². The van der Waals surface area contributed by atoms with Gasteiger partial charge in [0.25, 0.3) is 5.91 Å². The lowest BCUT2D eigenvalue weighted by atomic mass is 9.98. The van der Waals surface area contributed by atoms with Gasteiger partial charge >= 0.3 is 0 Å². The van der Waals surface area contributed by atoms with E-state index in [9.17, 15) is 4.79 Å². The summed E-state index contributed by atoms with van der Waals surface area (Å²) < 4.78 is 10.7. The summed E-state index contributed by atoms with van der Waals surface area (Å²) in [6.45, 7) is 2.66. The van der Waals surface area contributed by atoms with Crippen molar-refractivity contribution in [3.63, 3.8) is 0 Å². The molecule has 1 aromatic heterocycles. The van der Waals surface area contributed by atoms with Crippen LogP contribution in [0.15, 0.2) is 60.0 Å². The van der Waals surface area contributed by atoms with Gasteiger partial charge in [0.2, 0.25) is 6.79 Å². The Kier molecular flexibility index (Phi) is 4.96. The Morgan fingerprint density at radius 3 is 2.79 bits per heavy atom. The van der Waals surface area contributed by atoms with E-state index in [0.717, 1.165) is 19.5 Å². The Hall–Kier alpha value is -2.83. The SMILES string of the molecule is O=C(NC[C@H](c1cccs1)N1CCc2ccccc2C1)c1ccc2c(c1)OCO2. The predicted octanol–water partition coefficient (Wildman–Crippen LogP) is 4.01. The van der Waals surface area contributed by atoms with Gasteiger partial charge in [0.05, 0.1) is 6.04 Å². The Morgan fingerprint density at radius 1 is 1.07 bits per heavy atom. The zero-order valence-corrected chi connectivity index (χ0v) is 16.8. The van der Waals surface area contributed by atoms with Crippen LogP contribution in [0.2, 0.25) is 0 Å². The van der Waals surface area contributed by atoms with Crippen LogP contribution in [-0.4, -0.2) is 30.7 Å². The lowest BCUT2D eigenvalue weighted by Crippen LogP contribution is -2.40. The second-order valence-corrected chi connectivity index (χ2v) is 8.28. The van der Waals surface area contributed by atoms with Gasteiger partial charge in [-0.2, -0.15) is 0 Å². The quantitative estimate of drug-likeness (QED) is 0.696. The zero-order chi connectivity index (χ0) is 19.6. The molecule has 0 unspecified atom stereocenters. The van der Waals surface area contributed by atoms with Gasteiger partial charge in [-0.25, -0.2) is 0 Å². The van der Waals surface area contributed by atoms with Crippen molar-refractivity contribution in [3.05, 3.63) is 81.5 Å². The van der Waals surface area contributed by atoms with Gasteiger partial charge in [-0.1, -0.05) is 30.3 Å². The van der Waals surface area contributed by atoms with Gasteiger partial charge in [-0.05, 0) is 47.2 Å². The molecule has 29 heavy (non-hydrogen) atoms. The highest BCUT2D eigenvalue weighted by molar-refractivity contribution is 7.10. The van der Waals surface area contributed by atoms with E-state index in [2.05, 4.69) is 52.0 Å². The van der Waals surface area contributed by atoms with E-state index in [1.165, 1.54) is 16.0 Å². The minimum Gasteiger partial charge on any atom is -0.454 e. The topological polar surface area (TPSA) is 50.8 Å². The largest absolute Gasteiger partial charge is 0.454 e. The van der Waals surface area contributed by atoms with Crippen molar-refractivity contribution in [3.8, 4) is 11.5 Å². The van der Waals surface area contributed by atoms with E-state index in [-0.39, 0.29) is 18.7 Å². The maximum absolute atomic E-state index is 12.8. The lowest BCUT2D eigenvalue weighted by molar-refractivity contribution is 0.0928. The molecule has 0 radical (unpaired) electrons. The Balaban J connectivity index is 1.32. The predicted molar refractivity (Wildman–Crippen MR) is 113 cm³/mol. The highest BCUT2D eigenvalue weighted by Gasteiger charge is 2.26. The Labute approximate surface area is 173 Å². The number of hydrogen-bond donors (Lipinski definition) is 1. The molecule has 0 bridgehead atoms. The molecule has 0 saturated heterocycles. The average Bonchev–Trinajstić information content (AvgIpc) is 3.45. The summed E-state index contributed by atoms with van der Waals surface area (Å²) in [5.74, 6) is 1.22. The Morgan fingerprint density at radius 2 is 1.93 bits per heavy atom. The fourth-order valence-corrected chi connectivity index (χ4v) is 4.86. The van der Waals surface area contributed by atoms with Crippen molar-refractivity contribution in [1.29, 1.82) is 0 Å². The van der Waals surface area contributed by atoms with Crippen LogP contribution in [0.25, 0.3) is 0 Å². The highest BCUT2D eigenvalue weighted by atomic mass is 32.1. The molecule has 6 heteroatoms. The van der Waals surface area contributed by atoms with Gasteiger partial charge in [-0.3, -0.25) is 9.69 Å². The molecule has 0 saturated carbocycles. The maximum atomic E-state index is 12.8. The van der Waals surface area contributed by atoms with Crippen molar-refractivity contribution < 1.29 is 14.3 Å². The number of amides is 1. The summed E-state index contributed by atoms with van der Waals surface area (Å²) in [5.41, 5.74) is 3.39. The molecule has 0 aliphatic carbocycles. The fourth-order valence-electron chi connectivity index (χ4n) is 4.00. The summed E-state index contributed by atoms with van der Waals surface area (Å²) >= 11 is 1.74. The van der Waals surface area contributed by atoms with E-state index in [1.807, 2.05) is 0 Å². The van der Waals surface area contributed by atoms with Crippen LogP contribution in [0.5, 0.6) is 11.5 Å². The molecule has 1 amide bonds. The van der Waals surface area contributed by atoms with E-state index < -0.39 is 0 Å². The number of fused-ring (bicyclic) bond motifs is 2. The van der Waals surface area contributed by atoms with Crippen LogP contribution >= 0.6 is 11.3 Å². The third-order valence-corrected chi connectivity index (χ3v) is 6.54. The van der Waals surface area contributed by atoms with Gasteiger partial charge in [0.15, 0.2) is 11.5 Å². The minimum absolute atomic E-state index is 0.0951. The highest BCUT2D eigenvalue weighted by Crippen LogP contribution is 2.33. The van der Waals surface area contributed by atoms with Crippen LogP contribution in [0.4, 0.5) is 0 Å². The van der Waals surface area contributed by atoms with Crippen molar-refractivity contribution in [2.24, 2.45) is 0 Å². The van der Waals surface area contributed by atoms with Crippen molar-refractivity contribution in [1.82, 2.24) is 10.2 Å². The number of nitrogens with one attached hydrogen (secondary N) is 1. The van der Waals surface area contributed by atoms with Crippen LogP contribution < -0.4 is 14.8 Å². The molecule has 2 aliphatic rings. The van der Waals surface area contributed by atoms with Crippen LogP contribution in [-0.2, 0) is 13.0 Å². The van der Waals surface area contributed by atoms with Gasteiger partial charge < -0.3 is 14.8 Å². The van der Waals surface area contributed by atoms with E-state index >= 15 is 0 Å². The van der Waals surface area contributed by atoms with Crippen molar-refractivity contribution in [2.75, 3.05) is 19.9 Å². The third kappa shape index (κ3) is 3.73. The van der Waals surface area contributed by atoms with Crippen LogP contribution in [0.1, 0.15) is 32.4 Å². The first kappa shape index (κ1) is 18.2. The first-order chi connectivity index (χ1) is 14.3. The number of rotatable bonds is 5. The molecule has 3 heterocycles. The smallest absolute Gasteiger partial charge is 0.251 e. The number of carbonyl (C=O) groups excluding carboxylic acids is 1. The first-order valence-corrected chi connectivity index (χ1v) is 10.7. The second kappa shape index (κ2) is 7.89. The average molecular weight is 407 g/mol. The molecule has 2 aliphatic heterocycles. The maximum Gasteiger partial charge on any atom is 0.251 e. The number of carbonyl (C=O) groups is 1. The van der Waals surface area contributed by atoms with Gasteiger partial charge in [0, 0.05) is 30.1 Å². The summed E-state index contributed by atoms with van der Waals surface area (Å²) in [5, 5.41) is 5.23. The van der Waals surface area contributed by atoms with Gasteiger partial charge in [-0.15, -0.1) is 11.3 Å². The molecule has 148 valence electrons. The summed E-state index contributed by atoms with van der Waals surface area (Å²) in [6, 6.07) is 18.3. The number of benzene rings is 2. The second-order valence-electron chi connectivity index (χ2n) is 7.30. The monoisotopic (exact) mass is 406 g/mol. The molecule has 1 atom stereocenters. The zero-order valence-electron chi connectivity index (χ0n) is 16.0. The standard InChI is InChI=1S/C23H22N2O3S/c26-23(17-7-8-20-21(12-17)28-15-27-20)24-13-19(22-6-3-11-29-22)25-10-9-16-4-1-2-5-18(16)14-25/h1-8,11-12,19H,9-10,13-15H2,(H,24,26)/t19-/m1/s1. The van der Waals surface area contributed by atoms with E-state index in [4.69, 9.17) is 9.47 Å². The van der Waals surface area contributed by atoms with E-state index in [0.29, 0.717) is 23.6 Å². The molecular formula is C23H22N2O3S. The number of nitrogens with zero attached hydrogens (tertiary/aromatic N) is 1. The normalized spacial score (nSPS) is 16.3. The molecule has 5 nitrogen and oxygen atoms in total. The van der Waals surface area contributed by atoms with E-state index in [1.54, 1.807) is 29.5 Å². The summed E-state index contributed by atoms with van der Waals surface area (Å²) in [6.07, 6.45) is 1.04. The van der Waals surface area contributed by atoms with Crippen LogP contribution in [0, 0.1) is 0 Å². The first-order valence-electron chi connectivity index (χ1n) is 9.80. The van der Waals surface area contributed by atoms with Crippen LogP contribution in [0.3, 0.4) is 0 Å². The number of ether oxygens (including phenoxy) is 2. The minimum atomic E-state index is -0.0951. The summed E-state index contributed by atoms with van der Waals surface area (Å²) in [4.78, 5) is 16.5. The van der Waals surface area contributed by atoms with Crippen molar-refractivity contribution in [2.45, 2.75) is 19.0 Å². The number of thiophene rings is 1. The fraction of sp³-hybridized carbons (Fsp3) is 0.261. The Bertz CT molecular complexity index is 1020. The molecule has 0 fully saturated rings. The summed E-state index contributed by atoms with van der Waals surface area (Å²) in [7, 11) is 0.